The van der Waals surface area contributed by atoms with Gasteiger partial charge in [0.2, 0.25) is 0 Å². The highest BCUT2D eigenvalue weighted by atomic mass is 79.9. The summed E-state index contributed by atoms with van der Waals surface area (Å²) in [4.78, 5) is 1.31. The van der Waals surface area contributed by atoms with Gasteiger partial charge in [0.25, 0.3) is 0 Å². The molecule has 0 bridgehead atoms. The van der Waals surface area contributed by atoms with Gasteiger partial charge in [-0.15, -0.1) is 0 Å². The average Bonchev–Trinajstić information content (AvgIpc) is 1.98. The maximum Gasteiger partial charge on any atom is 0.437 e. The van der Waals surface area contributed by atoms with E-state index in [1.807, 2.05) is 7.05 Å². The van der Waals surface area contributed by atoms with Crippen LogP contribution in [-0.4, -0.2) is 37.1 Å². The quantitative estimate of drug-likeness (QED) is 0.309. The van der Waals surface area contributed by atoms with Gasteiger partial charge in [0, 0.05) is 0 Å². The average molecular weight is 215 g/mol. The van der Waals surface area contributed by atoms with Crippen LogP contribution in [0.1, 0.15) is 0 Å². The van der Waals surface area contributed by atoms with E-state index in [1.165, 1.54) is 4.90 Å². The number of nitrogens with zero attached hydrogens (tertiary/aromatic N) is 1. The Balaban J connectivity index is 0.000000640. The fraction of sp³-hybridized carbons (Fsp3) is 0.800. The van der Waals surface area contributed by atoms with E-state index in [2.05, 4.69) is 11.6 Å². The lowest BCUT2D eigenvalue weighted by molar-refractivity contribution is -0.773. The van der Waals surface area contributed by atoms with E-state index < -0.39 is 0 Å². The van der Waals surface area contributed by atoms with Gasteiger partial charge in [-0.25, -0.2) is 4.90 Å². The Kier molecular flexibility index (Phi) is 3.70. The second kappa shape index (κ2) is 3.54. The molecule has 0 aromatic carbocycles. The summed E-state index contributed by atoms with van der Waals surface area (Å²) in [5.41, 5.74) is 0. The van der Waals surface area contributed by atoms with Crippen LogP contribution in [0.25, 0.3) is 0 Å². The first-order valence-electron chi connectivity index (χ1n) is 2.78. The van der Waals surface area contributed by atoms with Gasteiger partial charge in [-0.1, -0.05) is 0 Å². The summed E-state index contributed by atoms with van der Waals surface area (Å²) in [6.07, 6.45) is 0. The summed E-state index contributed by atoms with van der Waals surface area (Å²) in [5, 5.41) is 0.935. The van der Waals surface area contributed by atoms with E-state index in [9.17, 15) is 0 Å². The molecule has 0 fully saturated rings. The minimum atomic E-state index is 0. The minimum Gasteiger partial charge on any atom is -1.00 e. The third-order valence-electron chi connectivity index (χ3n) is 1.51. The fourth-order valence-electron chi connectivity index (χ4n) is 0.863. The minimum absolute atomic E-state index is 0. The molecular formula is C5H11BrClN2+. The second-order valence-electron chi connectivity index (χ2n) is 2.24. The summed E-state index contributed by atoms with van der Waals surface area (Å²) in [7, 11) is 4.09. The van der Waals surface area contributed by atoms with E-state index in [-0.39, 0.29) is 17.0 Å². The smallest absolute Gasteiger partial charge is 0.437 e. The van der Waals surface area contributed by atoms with Crippen molar-refractivity contribution in [1.82, 2.24) is 0 Å². The van der Waals surface area contributed by atoms with Gasteiger partial charge in [0.15, 0.2) is 6.54 Å². The summed E-state index contributed by atoms with van der Waals surface area (Å²) < 4.78 is 2.07. The largest absolute Gasteiger partial charge is 1.00 e. The van der Waals surface area contributed by atoms with Gasteiger partial charge < -0.3 is 17.0 Å². The van der Waals surface area contributed by atoms with Crippen LogP contribution in [0.4, 0.5) is 0 Å². The van der Waals surface area contributed by atoms with Crippen molar-refractivity contribution in [3.63, 3.8) is 0 Å². The van der Waals surface area contributed by atoms with Crippen molar-refractivity contribution in [2.24, 2.45) is 0 Å². The lowest BCUT2D eigenvalue weighted by Gasteiger charge is -1.92. The Morgan fingerprint density at radius 3 is 2.33 bits per heavy atom. The van der Waals surface area contributed by atoms with Crippen LogP contribution in [-0.2, 0) is 0 Å². The third-order valence-corrected chi connectivity index (χ3v) is 2.12. The van der Waals surface area contributed by atoms with Gasteiger partial charge >= 0.3 is 5.29 Å². The summed E-state index contributed by atoms with van der Waals surface area (Å²) >= 11 is 5.82. The van der Waals surface area contributed by atoms with E-state index in [0.717, 1.165) is 18.4 Å². The van der Waals surface area contributed by atoms with E-state index in [4.69, 9.17) is 11.6 Å². The molecule has 0 saturated heterocycles. The molecule has 4 heteroatoms. The monoisotopic (exact) mass is 213 g/mol. The topological polar surface area (TPSA) is 7.45 Å². The standard InChI is InChI=1S/C5H10ClN2.BrH/c1-7-3-4-8(2)5(7)6;/h3-4H2,1-2H3;1H/q+1;. The van der Waals surface area contributed by atoms with Crippen molar-refractivity contribution in [3.05, 3.63) is 0 Å². The van der Waals surface area contributed by atoms with Crippen molar-refractivity contribution < 1.29 is 26.5 Å². The number of hydrogen-bond donors (Lipinski definition) is 1. The van der Waals surface area contributed by atoms with Crippen LogP contribution < -0.4 is 21.9 Å². The lowest BCUT2D eigenvalue weighted by atomic mass is 10.6. The Labute approximate surface area is 70.9 Å². The zero-order valence-electron chi connectivity index (χ0n) is 5.62. The molecule has 0 amide bonds. The third kappa shape index (κ3) is 1.92. The summed E-state index contributed by atoms with van der Waals surface area (Å²) in [6.45, 7) is 2.22. The molecule has 1 aliphatic heterocycles. The zero-order valence-corrected chi connectivity index (χ0v) is 7.96. The van der Waals surface area contributed by atoms with Gasteiger partial charge in [-0.05, 0) is 0 Å². The number of likely N-dealkylation sites (N-methyl/N-ethyl adjacent to an activating group) is 2. The molecule has 0 saturated carbocycles. The highest BCUT2D eigenvalue weighted by molar-refractivity contribution is 6.60. The fourth-order valence-corrected chi connectivity index (χ4v) is 1.04. The lowest BCUT2D eigenvalue weighted by Crippen LogP contribution is -3.09. The van der Waals surface area contributed by atoms with Crippen LogP contribution >= 0.6 is 11.6 Å². The normalized spacial score (nSPS) is 26.3. The first-order chi connectivity index (χ1) is 3.72. The zero-order chi connectivity index (χ0) is 6.15. The van der Waals surface area contributed by atoms with Crippen molar-refractivity contribution in [2.75, 3.05) is 27.2 Å². The van der Waals surface area contributed by atoms with Crippen LogP contribution in [0.2, 0.25) is 0 Å². The van der Waals surface area contributed by atoms with Gasteiger partial charge in [-0.3, -0.25) is 0 Å². The summed E-state index contributed by atoms with van der Waals surface area (Å²) in [6, 6.07) is 0. The molecule has 1 atom stereocenters. The molecule has 1 heterocycles. The molecular weight excluding hydrogens is 203 g/mol. The Bertz CT molecular complexity index is 135. The molecule has 0 aliphatic carbocycles. The van der Waals surface area contributed by atoms with E-state index in [1.54, 1.807) is 0 Å². The molecule has 1 rings (SSSR count). The maximum atomic E-state index is 5.82. The predicted molar refractivity (Wildman–Crippen MR) is 33.7 cm³/mol. The number of hydrogen-bond acceptors (Lipinski definition) is 0. The molecule has 0 aromatic heterocycles. The first-order valence-corrected chi connectivity index (χ1v) is 3.16. The predicted octanol–water partition coefficient (Wildman–Crippen LogP) is -4.24. The van der Waals surface area contributed by atoms with Crippen LogP contribution in [0, 0.1) is 0 Å². The van der Waals surface area contributed by atoms with Gasteiger partial charge in [-0.2, -0.15) is 4.58 Å². The summed E-state index contributed by atoms with van der Waals surface area (Å²) in [5.74, 6) is 0. The molecule has 2 nitrogen and oxygen atoms in total. The van der Waals surface area contributed by atoms with Crippen LogP contribution in [0.5, 0.6) is 0 Å². The number of halogens is 2. The maximum absolute atomic E-state index is 5.82. The van der Waals surface area contributed by atoms with E-state index in [0.29, 0.717) is 0 Å². The van der Waals surface area contributed by atoms with E-state index >= 15 is 0 Å². The molecule has 0 radical (unpaired) electrons. The van der Waals surface area contributed by atoms with Crippen LogP contribution in [0.15, 0.2) is 0 Å². The van der Waals surface area contributed by atoms with Crippen molar-refractivity contribution in [3.8, 4) is 0 Å². The number of rotatable bonds is 0. The number of amidine groups is 1. The SMILES string of the molecule is C[N+]1=C(Cl)[NH+](C)CC1.[Br-]. The molecule has 0 aromatic rings. The van der Waals surface area contributed by atoms with Crippen LogP contribution in [0.3, 0.4) is 0 Å². The molecule has 0 spiro atoms. The highest BCUT2D eigenvalue weighted by Gasteiger charge is 2.26. The first kappa shape index (κ1) is 9.40. The molecule has 9 heavy (non-hydrogen) atoms. The molecule has 1 unspecified atom stereocenters. The van der Waals surface area contributed by atoms with Crippen molar-refractivity contribution >= 4 is 16.9 Å². The Morgan fingerprint density at radius 1 is 1.67 bits per heavy atom. The van der Waals surface area contributed by atoms with Crippen molar-refractivity contribution in [2.45, 2.75) is 0 Å². The van der Waals surface area contributed by atoms with Gasteiger partial charge in [0.05, 0.1) is 18.6 Å². The molecule has 1 aliphatic rings. The molecule has 54 valence electrons. The Hall–Kier alpha value is 0.400. The highest BCUT2D eigenvalue weighted by Crippen LogP contribution is 1.79. The second-order valence-corrected chi connectivity index (χ2v) is 2.60. The Morgan fingerprint density at radius 2 is 2.22 bits per heavy atom. The number of nitrogens with one attached hydrogen (secondary N) is 1. The molecule has 1 N–H and O–H groups in total. The van der Waals surface area contributed by atoms with Crippen molar-refractivity contribution in [1.29, 1.82) is 0 Å². The number of quaternary nitrogens is 1. The van der Waals surface area contributed by atoms with Gasteiger partial charge in [0.1, 0.15) is 13.6 Å².